The molecule has 2 N–H and O–H groups in total. The van der Waals surface area contributed by atoms with E-state index in [9.17, 15) is 9.18 Å². The van der Waals surface area contributed by atoms with Crippen LogP contribution in [0.5, 0.6) is 0 Å². The van der Waals surface area contributed by atoms with Crippen LogP contribution in [0, 0.1) is 5.92 Å². The molecule has 6 nitrogen and oxygen atoms in total. The molecule has 0 bridgehead atoms. The first-order chi connectivity index (χ1) is 18.6. The smallest absolute Gasteiger partial charge is 0.240 e. The molecule has 0 saturated carbocycles. The number of hydrogen-bond donors (Lipinski definition) is 2. The number of amides is 1. The first kappa shape index (κ1) is 28.0. The lowest BCUT2D eigenvalue weighted by Crippen LogP contribution is -2.50. The molecule has 38 heavy (non-hydrogen) atoms. The molecule has 2 aliphatic rings. The van der Waals surface area contributed by atoms with Crippen molar-refractivity contribution in [3.63, 3.8) is 0 Å². The van der Waals surface area contributed by atoms with Crippen molar-refractivity contribution in [2.45, 2.75) is 50.4 Å². The average Bonchev–Trinajstić information content (AvgIpc) is 3.37. The zero-order chi connectivity index (χ0) is 27.0. The van der Waals surface area contributed by atoms with Crippen molar-refractivity contribution in [1.29, 1.82) is 0 Å². The number of thioether (sulfide) groups is 1. The van der Waals surface area contributed by atoms with Gasteiger partial charge in [0, 0.05) is 35.6 Å². The number of carbonyl (C=O) groups is 1. The van der Waals surface area contributed by atoms with Crippen LogP contribution < -0.4 is 5.32 Å². The number of likely N-dealkylation sites (tertiary alicyclic amines) is 1. The fourth-order valence-electron chi connectivity index (χ4n) is 5.18. The predicted molar refractivity (Wildman–Crippen MR) is 157 cm³/mol. The average molecular weight is 536 g/mol. The molecule has 2 atom stereocenters. The number of rotatable bonds is 6. The maximum absolute atomic E-state index is 14.1. The molecule has 3 heterocycles. The number of nitrogens with one attached hydrogen (secondary N) is 2. The number of benzene rings is 1. The predicted octanol–water partition coefficient (Wildman–Crippen LogP) is 6.65. The van der Waals surface area contributed by atoms with Gasteiger partial charge in [-0.1, -0.05) is 38.2 Å². The maximum atomic E-state index is 14.1. The van der Waals surface area contributed by atoms with Crippen molar-refractivity contribution in [2.75, 3.05) is 31.2 Å². The molecule has 202 valence electrons. The molecule has 1 amide bonds. The minimum atomic E-state index is -0.882. The minimum absolute atomic E-state index is 0.0442. The Morgan fingerprint density at radius 2 is 1.89 bits per heavy atom. The van der Waals surface area contributed by atoms with Crippen LogP contribution in [-0.4, -0.2) is 62.8 Å². The van der Waals surface area contributed by atoms with Gasteiger partial charge in [0.1, 0.15) is 11.9 Å². The molecule has 1 aromatic carbocycles. The van der Waals surface area contributed by atoms with Gasteiger partial charge >= 0.3 is 0 Å². The van der Waals surface area contributed by atoms with E-state index >= 15 is 0 Å². The Morgan fingerprint density at radius 1 is 1.16 bits per heavy atom. The molecule has 8 heteroatoms. The highest BCUT2D eigenvalue weighted by Gasteiger charge is 2.41. The van der Waals surface area contributed by atoms with Crippen LogP contribution in [0.1, 0.15) is 39.5 Å². The van der Waals surface area contributed by atoms with Gasteiger partial charge in [-0.25, -0.2) is 4.39 Å². The monoisotopic (exact) mass is 535 g/mol. The van der Waals surface area contributed by atoms with Gasteiger partial charge in [0.15, 0.2) is 0 Å². The Balaban J connectivity index is 0.00000164. The molecule has 1 aliphatic heterocycles. The fourth-order valence-corrected chi connectivity index (χ4v) is 6.00. The summed E-state index contributed by atoms with van der Waals surface area (Å²) in [5.41, 5.74) is 3.50. The maximum Gasteiger partial charge on any atom is 0.240 e. The Hall–Kier alpha value is -2.97. The van der Waals surface area contributed by atoms with Gasteiger partial charge in [0.2, 0.25) is 5.91 Å². The summed E-state index contributed by atoms with van der Waals surface area (Å²) in [6.07, 6.45) is 15.4. The number of anilines is 1. The van der Waals surface area contributed by atoms with Gasteiger partial charge in [-0.15, -0.1) is 11.8 Å². The number of allylic oxidation sites excluding steroid dienone is 3. The van der Waals surface area contributed by atoms with Gasteiger partial charge in [0.25, 0.3) is 0 Å². The van der Waals surface area contributed by atoms with Crippen molar-refractivity contribution in [3.05, 3.63) is 67.0 Å². The Bertz CT molecular complexity index is 1250. The molecule has 2 unspecified atom stereocenters. The van der Waals surface area contributed by atoms with Crippen molar-refractivity contribution in [2.24, 2.45) is 5.92 Å². The number of nitrogens with zero attached hydrogens (tertiary/aromatic N) is 3. The van der Waals surface area contributed by atoms with Gasteiger partial charge in [-0.3, -0.25) is 14.9 Å². The van der Waals surface area contributed by atoms with Crippen molar-refractivity contribution in [3.8, 4) is 11.3 Å². The third-order valence-electron chi connectivity index (χ3n) is 7.29. The van der Waals surface area contributed by atoms with Gasteiger partial charge in [-0.2, -0.15) is 5.10 Å². The number of H-pyrrole nitrogens is 1. The van der Waals surface area contributed by atoms with E-state index in [0.717, 1.165) is 66.7 Å². The van der Waals surface area contributed by atoms with Crippen molar-refractivity contribution < 1.29 is 9.18 Å². The number of carbonyl (C=O) groups excluding carboxylic acids is 1. The quantitative estimate of drug-likeness (QED) is 0.346. The molecule has 1 fully saturated rings. The molecular weight excluding hydrogens is 497 g/mol. The standard InChI is InChI=1S/C28H32FN5OS.C2H6/c1-36-28(11-15-34(16-12-28)19-20-5-3-2-4-6-22(29)17-20)27(35)31-23-7-8-25-24(18-23)26(33-32-25)21-9-13-30-14-10-21;1-2/h3-10,13-14,18,20,22H,2,11-12,15-17,19H2,1H3,(H,31,35)(H,32,33);1-2H3/b5-3-,6-4-;. The second-order valence-electron chi connectivity index (χ2n) is 9.63. The number of pyridine rings is 1. The summed E-state index contributed by atoms with van der Waals surface area (Å²) < 4.78 is 13.6. The highest BCUT2D eigenvalue weighted by molar-refractivity contribution is 8.00. The van der Waals surface area contributed by atoms with Crippen LogP contribution >= 0.6 is 11.8 Å². The summed E-state index contributed by atoms with van der Waals surface area (Å²) in [6, 6.07) is 9.70. The number of hydrogen-bond acceptors (Lipinski definition) is 5. The van der Waals surface area contributed by atoms with Crippen LogP contribution in [0.2, 0.25) is 0 Å². The molecular formula is C30H38FN5OS. The van der Waals surface area contributed by atoms with E-state index in [1.165, 1.54) is 0 Å². The summed E-state index contributed by atoms with van der Waals surface area (Å²) >= 11 is 1.63. The van der Waals surface area contributed by atoms with Gasteiger partial charge < -0.3 is 10.2 Å². The van der Waals surface area contributed by atoms with Crippen LogP contribution in [0.25, 0.3) is 22.2 Å². The molecule has 0 spiro atoms. The lowest BCUT2D eigenvalue weighted by atomic mass is 9.92. The Morgan fingerprint density at radius 3 is 2.63 bits per heavy atom. The highest BCUT2D eigenvalue weighted by atomic mass is 32.2. The van der Waals surface area contributed by atoms with Crippen molar-refractivity contribution >= 4 is 34.3 Å². The zero-order valence-corrected chi connectivity index (χ0v) is 23.3. The largest absolute Gasteiger partial charge is 0.325 e. The van der Waals surface area contributed by atoms with E-state index < -0.39 is 10.9 Å². The number of fused-ring (bicyclic) bond motifs is 1. The van der Waals surface area contributed by atoms with E-state index in [2.05, 4.69) is 37.6 Å². The van der Waals surface area contributed by atoms with Gasteiger partial charge in [-0.05, 0) is 81.3 Å². The Kier molecular flexibility index (Phi) is 9.74. The molecule has 5 rings (SSSR count). The van der Waals surface area contributed by atoms with Crippen LogP contribution in [0.15, 0.2) is 67.0 Å². The van der Waals surface area contributed by atoms with E-state index in [4.69, 9.17) is 0 Å². The summed E-state index contributed by atoms with van der Waals surface area (Å²) in [5, 5.41) is 11.7. The van der Waals surface area contributed by atoms with Gasteiger partial charge in [0.05, 0.1) is 10.3 Å². The molecule has 3 aromatic rings. The molecule has 2 aromatic heterocycles. The number of aromatic amines is 1. The molecule has 0 radical (unpaired) electrons. The van der Waals surface area contributed by atoms with E-state index in [-0.39, 0.29) is 11.8 Å². The lowest BCUT2D eigenvalue weighted by molar-refractivity contribution is -0.119. The summed E-state index contributed by atoms with van der Waals surface area (Å²) in [5.74, 6) is 0.250. The first-order valence-electron chi connectivity index (χ1n) is 13.5. The second kappa shape index (κ2) is 13.2. The minimum Gasteiger partial charge on any atom is -0.325 e. The second-order valence-corrected chi connectivity index (χ2v) is 10.8. The summed E-state index contributed by atoms with van der Waals surface area (Å²) in [4.78, 5) is 20.0. The van der Waals surface area contributed by atoms with E-state index in [0.29, 0.717) is 6.42 Å². The number of halogens is 1. The first-order valence-corrected chi connectivity index (χ1v) is 14.7. The van der Waals surface area contributed by atoms with Crippen LogP contribution in [-0.2, 0) is 4.79 Å². The fraction of sp³-hybridized carbons (Fsp3) is 0.433. The molecule has 1 saturated heterocycles. The topological polar surface area (TPSA) is 73.9 Å². The third-order valence-corrected chi connectivity index (χ3v) is 8.66. The highest BCUT2D eigenvalue weighted by Crippen LogP contribution is 2.37. The van der Waals surface area contributed by atoms with Crippen LogP contribution in [0.4, 0.5) is 10.1 Å². The third kappa shape index (κ3) is 6.53. The lowest BCUT2D eigenvalue weighted by Gasteiger charge is -2.40. The SMILES string of the molecule is CC.CSC1(C(=O)Nc2ccc3[nH]nc(-c4ccncc4)c3c2)CCN(CC2/C=C\C/C=C\C(F)C2)CC1. The number of aromatic nitrogens is 3. The van der Waals surface area contributed by atoms with E-state index in [1.54, 1.807) is 30.2 Å². The van der Waals surface area contributed by atoms with Crippen LogP contribution in [0.3, 0.4) is 0 Å². The number of piperidine rings is 1. The Labute approximate surface area is 229 Å². The summed E-state index contributed by atoms with van der Waals surface area (Å²) in [7, 11) is 0. The normalized spacial score (nSPS) is 22.9. The van der Waals surface area contributed by atoms with E-state index in [1.807, 2.05) is 56.5 Å². The van der Waals surface area contributed by atoms with Crippen molar-refractivity contribution in [1.82, 2.24) is 20.1 Å². The summed E-state index contributed by atoms with van der Waals surface area (Å²) in [6.45, 7) is 6.50. The zero-order valence-electron chi connectivity index (χ0n) is 22.5. The molecule has 1 aliphatic carbocycles. The number of alkyl halides is 1.